The lowest BCUT2D eigenvalue weighted by atomic mass is 10.1. The highest BCUT2D eigenvalue weighted by molar-refractivity contribution is 5.92. The van der Waals surface area contributed by atoms with Crippen LogP contribution in [0, 0.1) is 0 Å². The van der Waals surface area contributed by atoms with Crippen molar-refractivity contribution in [1.82, 2.24) is 5.32 Å². The fourth-order valence-corrected chi connectivity index (χ4v) is 2.96. The minimum absolute atomic E-state index is 0.312. The van der Waals surface area contributed by atoms with E-state index in [-0.39, 0.29) is 0 Å². The van der Waals surface area contributed by atoms with E-state index < -0.39 is 24.1 Å². The van der Waals surface area contributed by atoms with Gasteiger partial charge in [-0.15, -0.1) is 0 Å². The summed E-state index contributed by atoms with van der Waals surface area (Å²) in [7, 11) is 0. The molecule has 25 heavy (non-hydrogen) atoms. The van der Waals surface area contributed by atoms with Crippen molar-refractivity contribution >= 4 is 17.7 Å². The van der Waals surface area contributed by atoms with Gasteiger partial charge in [0.15, 0.2) is 0 Å². The van der Waals surface area contributed by atoms with E-state index in [0.29, 0.717) is 24.3 Å². The Morgan fingerprint density at radius 2 is 1.88 bits per heavy atom. The topological polar surface area (TPSA) is 87.7 Å². The Morgan fingerprint density at radius 3 is 2.60 bits per heavy atom. The van der Waals surface area contributed by atoms with Crippen LogP contribution in [0.2, 0.25) is 0 Å². The average molecular weight is 340 g/mol. The second kappa shape index (κ2) is 7.36. The average Bonchev–Trinajstić information content (AvgIpc) is 2.91. The molecular weight excluding hydrogens is 320 g/mol. The quantitative estimate of drug-likeness (QED) is 0.747. The number of ether oxygens (including phenoxy) is 1. The maximum absolute atomic E-state index is 12.2. The predicted octanol–water partition coefficient (Wildman–Crippen LogP) is 2.64. The van der Waals surface area contributed by atoms with Crippen LogP contribution in [0.15, 0.2) is 48.5 Å². The molecule has 0 heterocycles. The molecule has 2 amide bonds. The molecule has 0 aliphatic heterocycles. The maximum Gasteiger partial charge on any atom is 0.338 e. The summed E-state index contributed by atoms with van der Waals surface area (Å²) in [6, 6.07) is 13.3. The summed E-state index contributed by atoms with van der Waals surface area (Å²) in [6.07, 6.45) is -0.121. The van der Waals surface area contributed by atoms with E-state index in [4.69, 9.17) is 4.74 Å². The van der Waals surface area contributed by atoms with Gasteiger partial charge in [-0.25, -0.2) is 9.59 Å². The van der Waals surface area contributed by atoms with E-state index in [2.05, 4.69) is 10.6 Å². The van der Waals surface area contributed by atoms with E-state index in [1.54, 1.807) is 31.2 Å². The molecule has 0 fully saturated rings. The van der Waals surface area contributed by atoms with Gasteiger partial charge in [-0.3, -0.25) is 0 Å². The van der Waals surface area contributed by atoms with Crippen molar-refractivity contribution in [2.45, 2.75) is 25.5 Å². The molecule has 130 valence electrons. The number of hydrogen-bond donors (Lipinski definition) is 3. The molecule has 0 spiro atoms. The lowest BCUT2D eigenvalue weighted by Gasteiger charge is -2.18. The zero-order chi connectivity index (χ0) is 17.8. The van der Waals surface area contributed by atoms with E-state index >= 15 is 0 Å². The van der Waals surface area contributed by atoms with Gasteiger partial charge in [0, 0.05) is 12.1 Å². The van der Waals surface area contributed by atoms with Gasteiger partial charge in [0.1, 0.15) is 0 Å². The molecule has 2 aromatic rings. The molecular formula is C19H20N2O4. The Labute approximate surface area is 145 Å². The number of esters is 1. The number of nitrogens with one attached hydrogen (secondary N) is 2. The number of carbonyl (C=O) groups excluding carboxylic acids is 2. The van der Waals surface area contributed by atoms with Gasteiger partial charge >= 0.3 is 12.0 Å². The van der Waals surface area contributed by atoms with Crippen LogP contribution in [0.5, 0.6) is 0 Å². The highest BCUT2D eigenvalue weighted by Gasteiger charge is 2.31. The summed E-state index contributed by atoms with van der Waals surface area (Å²) in [5.74, 6) is -0.399. The number of benzene rings is 2. The Morgan fingerprint density at radius 1 is 1.16 bits per heavy atom. The third-order valence-corrected chi connectivity index (χ3v) is 4.14. The molecule has 0 unspecified atom stereocenters. The first-order valence-corrected chi connectivity index (χ1v) is 8.19. The molecule has 6 nitrogen and oxygen atoms in total. The summed E-state index contributed by atoms with van der Waals surface area (Å²) in [5, 5.41) is 15.7. The molecule has 0 radical (unpaired) electrons. The normalized spacial score (nSPS) is 18.3. The first-order valence-electron chi connectivity index (χ1n) is 8.19. The number of hydrogen-bond acceptors (Lipinski definition) is 4. The summed E-state index contributed by atoms with van der Waals surface area (Å²) in [6.45, 7) is 2.06. The van der Waals surface area contributed by atoms with Crippen LogP contribution < -0.4 is 10.6 Å². The highest BCUT2D eigenvalue weighted by Crippen LogP contribution is 2.31. The van der Waals surface area contributed by atoms with Crippen molar-refractivity contribution in [1.29, 1.82) is 0 Å². The third kappa shape index (κ3) is 3.80. The molecule has 1 aliphatic carbocycles. The van der Waals surface area contributed by atoms with E-state index in [9.17, 15) is 14.7 Å². The number of urea groups is 1. The Kier molecular flexibility index (Phi) is 5.00. The van der Waals surface area contributed by atoms with Crippen molar-refractivity contribution in [2.24, 2.45) is 0 Å². The van der Waals surface area contributed by atoms with Gasteiger partial charge in [0.25, 0.3) is 0 Å². The number of rotatable bonds is 4. The second-order valence-electron chi connectivity index (χ2n) is 5.84. The molecule has 3 rings (SSSR count). The molecule has 0 aromatic heterocycles. The van der Waals surface area contributed by atoms with Gasteiger partial charge in [-0.05, 0) is 42.3 Å². The van der Waals surface area contributed by atoms with Crippen LogP contribution in [0.3, 0.4) is 0 Å². The summed E-state index contributed by atoms with van der Waals surface area (Å²) in [5.41, 5.74) is 2.95. The van der Waals surface area contributed by atoms with Crippen LogP contribution in [-0.2, 0) is 11.2 Å². The van der Waals surface area contributed by atoms with Crippen LogP contribution in [0.25, 0.3) is 0 Å². The SMILES string of the molecule is CCOC(=O)c1ccc(NC(=O)N[C@@H]2c3ccccc3C[C@@H]2O)cc1. The van der Waals surface area contributed by atoms with Gasteiger partial charge in [-0.1, -0.05) is 24.3 Å². The summed E-state index contributed by atoms with van der Waals surface area (Å²) >= 11 is 0. The van der Waals surface area contributed by atoms with E-state index in [0.717, 1.165) is 11.1 Å². The zero-order valence-corrected chi connectivity index (χ0v) is 13.9. The van der Waals surface area contributed by atoms with Crippen molar-refractivity contribution in [3.05, 3.63) is 65.2 Å². The maximum atomic E-state index is 12.2. The molecule has 0 bridgehead atoms. The molecule has 6 heteroatoms. The van der Waals surface area contributed by atoms with Gasteiger partial charge in [0.2, 0.25) is 0 Å². The largest absolute Gasteiger partial charge is 0.462 e. The van der Waals surface area contributed by atoms with Crippen LogP contribution >= 0.6 is 0 Å². The summed E-state index contributed by atoms with van der Waals surface area (Å²) in [4.78, 5) is 23.8. The number of aliphatic hydroxyl groups is 1. The van der Waals surface area contributed by atoms with E-state index in [1.165, 1.54) is 0 Å². The number of aliphatic hydroxyl groups excluding tert-OH is 1. The van der Waals surface area contributed by atoms with Crippen molar-refractivity contribution in [3.63, 3.8) is 0 Å². The molecule has 3 N–H and O–H groups in total. The lowest BCUT2D eigenvalue weighted by molar-refractivity contribution is 0.0526. The van der Waals surface area contributed by atoms with Crippen molar-refractivity contribution < 1.29 is 19.4 Å². The number of amides is 2. The van der Waals surface area contributed by atoms with Crippen LogP contribution in [0.4, 0.5) is 10.5 Å². The van der Waals surface area contributed by atoms with Crippen LogP contribution in [-0.4, -0.2) is 29.8 Å². The Hall–Kier alpha value is -2.86. The fourth-order valence-electron chi connectivity index (χ4n) is 2.96. The van der Waals surface area contributed by atoms with Gasteiger partial charge in [0.05, 0.1) is 24.3 Å². The fraction of sp³-hybridized carbons (Fsp3) is 0.263. The first kappa shape index (κ1) is 17.0. The first-order chi connectivity index (χ1) is 12.1. The Bertz CT molecular complexity index is 773. The molecule has 2 aromatic carbocycles. The molecule has 0 saturated heterocycles. The predicted molar refractivity (Wildman–Crippen MR) is 93.4 cm³/mol. The van der Waals surface area contributed by atoms with Crippen molar-refractivity contribution in [3.8, 4) is 0 Å². The van der Waals surface area contributed by atoms with Gasteiger partial charge in [-0.2, -0.15) is 0 Å². The van der Waals surface area contributed by atoms with Crippen molar-refractivity contribution in [2.75, 3.05) is 11.9 Å². The second-order valence-corrected chi connectivity index (χ2v) is 5.84. The third-order valence-electron chi connectivity index (χ3n) is 4.14. The van der Waals surface area contributed by atoms with E-state index in [1.807, 2.05) is 24.3 Å². The minimum atomic E-state index is -0.644. The number of carbonyl (C=O) groups is 2. The Balaban J connectivity index is 1.62. The molecule has 2 atom stereocenters. The monoisotopic (exact) mass is 340 g/mol. The molecule has 0 saturated carbocycles. The minimum Gasteiger partial charge on any atom is -0.462 e. The number of fused-ring (bicyclic) bond motifs is 1. The highest BCUT2D eigenvalue weighted by atomic mass is 16.5. The summed E-state index contributed by atoms with van der Waals surface area (Å²) < 4.78 is 4.92. The molecule has 1 aliphatic rings. The standard InChI is InChI=1S/C19H20N2O4/c1-2-25-18(23)12-7-9-14(10-8-12)20-19(24)21-17-15-6-4-3-5-13(15)11-16(17)22/h3-10,16-17,22H,2,11H2,1H3,(H2,20,21,24)/t16-,17+/m0/s1. The number of anilines is 1. The zero-order valence-electron chi connectivity index (χ0n) is 13.9. The smallest absolute Gasteiger partial charge is 0.338 e. The lowest BCUT2D eigenvalue weighted by Crippen LogP contribution is -2.36. The van der Waals surface area contributed by atoms with Crippen LogP contribution in [0.1, 0.15) is 34.5 Å². The van der Waals surface area contributed by atoms with Gasteiger partial charge < -0.3 is 20.5 Å².